The average molecular weight is 397 g/mol. The van der Waals surface area contributed by atoms with E-state index < -0.39 is 0 Å². The van der Waals surface area contributed by atoms with Crippen LogP contribution in [0.5, 0.6) is 5.75 Å². The van der Waals surface area contributed by atoms with Crippen LogP contribution in [0.1, 0.15) is 27.3 Å². The molecule has 144 valence electrons. The summed E-state index contributed by atoms with van der Waals surface area (Å²) in [6, 6.07) is 12.7. The van der Waals surface area contributed by atoms with Gasteiger partial charge >= 0.3 is 0 Å². The Bertz CT molecular complexity index is 1040. The Morgan fingerprint density at radius 3 is 2.54 bits per heavy atom. The normalized spacial score (nSPS) is 10.5. The van der Waals surface area contributed by atoms with E-state index in [0.29, 0.717) is 28.1 Å². The lowest BCUT2D eigenvalue weighted by molar-refractivity contribution is 0.102. The van der Waals surface area contributed by atoms with Crippen molar-refractivity contribution in [2.75, 3.05) is 17.7 Å². The molecule has 0 saturated heterocycles. The van der Waals surface area contributed by atoms with E-state index >= 15 is 0 Å². The van der Waals surface area contributed by atoms with Crippen LogP contribution in [-0.4, -0.2) is 23.0 Å². The van der Waals surface area contributed by atoms with Crippen molar-refractivity contribution in [2.45, 2.75) is 20.8 Å². The first-order valence-corrected chi connectivity index (χ1v) is 9.08. The van der Waals surface area contributed by atoms with Crippen molar-refractivity contribution in [3.05, 3.63) is 70.0 Å². The lowest BCUT2D eigenvalue weighted by Crippen LogP contribution is -2.16. The van der Waals surface area contributed by atoms with Crippen LogP contribution in [0.4, 0.5) is 17.3 Å². The van der Waals surface area contributed by atoms with Crippen molar-refractivity contribution >= 4 is 34.8 Å². The molecule has 7 heteroatoms. The van der Waals surface area contributed by atoms with E-state index in [1.54, 1.807) is 24.3 Å². The Labute approximate surface area is 168 Å². The summed E-state index contributed by atoms with van der Waals surface area (Å²) in [5.41, 5.74) is 4.46. The summed E-state index contributed by atoms with van der Waals surface area (Å²) in [4.78, 5) is 21.5. The van der Waals surface area contributed by atoms with Gasteiger partial charge in [0.25, 0.3) is 5.91 Å². The maximum absolute atomic E-state index is 12.7. The minimum atomic E-state index is -0.380. The van der Waals surface area contributed by atoms with E-state index in [1.165, 1.54) is 7.11 Å². The molecule has 1 amide bonds. The van der Waals surface area contributed by atoms with E-state index in [4.69, 9.17) is 16.3 Å². The number of carbonyl (C=O) groups is 1. The molecule has 28 heavy (non-hydrogen) atoms. The monoisotopic (exact) mass is 396 g/mol. The number of hydrogen-bond donors (Lipinski definition) is 2. The highest BCUT2D eigenvalue weighted by Crippen LogP contribution is 2.28. The van der Waals surface area contributed by atoms with Crippen LogP contribution >= 0.6 is 11.6 Å². The topological polar surface area (TPSA) is 76.1 Å². The molecule has 0 radical (unpaired) electrons. The molecule has 1 heterocycles. The summed E-state index contributed by atoms with van der Waals surface area (Å²) in [5.74, 6) is 0.490. The number of amides is 1. The van der Waals surface area contributed by atoms with Crippen molar-refractivity contribution < 1.29 is 9.53 Å². The van der Waals surface area contributed by atoms with Crippen molar-refractivity contribution in [3.8, 4) is 5.75 Å². The average Bonchev–Trinajstić information content (AvgIpc) is 2.64. The Morgan fingerprint density at radius 2 is 1.79 bits per heavy atom. The smallest absolute Gasteiger partial charge is 0.274 e. The lowest BCUT2D eigenvalue weighted by atomic mass is 10.1. The fourth-order valence-electron chi connectivity index (χ4n) is 2.70. The number of nitrogens with one attached hydrogen (secondary N) is 2. The van der Waals surface area contributed by atoms with Crippen LogP contribution in [0.2, 0.25) is 5.02 Å². The number of halogens is 1. The van der Waals surface area contributed by atoms with Gasteiger partial charge in [0.05, 0.1) is 12.8 Å². The van der Waals surface area contributed by atoms with Crippen LogP contribution in [0.15, 0.2) is 42.5 Å². The van der Waals surface area contributed by atoms with Crippen molar-refractivity contribution in [1.82, 2.24) is 9.97 Å². The molecule has 0 saturated carbocycles. The Morgan fingerprint density at radius 1 is 1.00 bits per heavy atom. The summed E-state index contributed by atoms with van der Waals surface area (Å²) < 4.78 is 5.27. The first-order chi connectivity index (χ1) is 13.4. The molecule has 0 fully saturated rings. The van der Waals surface area contributed by atoms with Gasteiger partial charge < -0.3 is 15.4 Å². The number of aryl methyl sites for hydroxylation is 3. The predicted molar refractivity (Wildman–Crippen MR) is 112 cm³/mol. The summed E-state index contributed by atoms with van der Waals surface area (Å²) in [6.45, 7) is 5.82. The van der Waals surface area contributed by atoms with E-state index in [1.807, 2.05) is 39.0 Å². The maximum atomic E-state index is 12.7. The van der Waals surface area contributed by atoms with Crippen LogP contribution in [0.3, 0.4) is 0 Å². The summed E-state index contributed by atoms with van der Waals surface area (Å²) >= 11 is 6.03. The van der Waals surface area contributed by atoms with Gasteiger partial charge in [-0.3, -0.25) is 4.79 Å². The highest BCUT2D eigenvalue weighted by molar-refractivity contribution is 6.31. The number of aromatic nitrogens is 2. The van der Waals surface area contributed by atoms with Crippen molar-refractivity contribution in [2.24, 2.45) is 0 Å². The molecular weight excluding hydrogens is 376 g/mol. The molecule has 1 aromatic heterocycles. The van der Waals surface area contributed by atoms with Gasteiger partial charge in [0.2, 0.25) is 5.95 Å². The number of nitrogens with zero attached hydrogens (tertiary/aromatic N) is 2. The van der Waals surface area contributed by atoms with Gasteiger partial charge in [-0.2, -0.15) is 0 Å². The SMILES string of the molecule is COc1ccc(Cl)cc1NC(=O)c1cc(C)nc(Nc2cc(C)ccc2C)n1. The fraction of sp³-hybridized carbons (Fsp3) is 0.190. The molecule has 0 aliphatic heterocycles. The molecular formula is C21H21ClN4O2. The third-order valence-corrected chi connectivity index (χ3v) is 4.37. The molecule has 3 aromatic rings. The second-order valence-electron chi connectivity index (χ2n) is 6.46. The third kappa shape index (κ3) is 4.58. The van der Waals surface area contributed by atoms with Gasteiger partial charge in [0, 0.05) is 16.4 Å². The number of carbonyl (C=O) groups excluding carboxylic acids is 1. The maximum Gasteiger partial charge on any atom is 0.274 e. The van der Waals surface area contributed by atoms with E-state index in [0.717, 1.165) is 16.8 Å². The quantitative estimate of drug-likeness (QED) is 0.630. The Hall–Kier alpha value is -3.12. The Kier molecular flexibility index (Phi) is 5.80. The van der Waals surface area contributed by atoms with Crippen molar-refractivity contribution in [1.29, 1.82) is 0 Å². The number of benzene rings is 2. The van der Waals surface area contributed by atoms with Gasteiger partial charge in [0.15, 0.2) is 0 Å². The van der Waals surface area contributed by atoms with Crippen LogP contribution < -0.4 is 15.4 Å². The summed E-state index contributed by atoms with van der Waals surface area (Å²) in [7, 11) is 1.53. The fourth-order valence-corrected chi connectivity index (χ4v) is 2.87. The van der Waals surface area contributed by atoms with E-state index in [2.05, 4.69) is 20.6 Å². The predicted octanol–water partition coefficient (Wildman–Crippen LogP) is 5.06. The standard InChI is InChI=1S/C21H21ClN4O2/c1-12-5-6-13(2)16(9-12)25-21-23-14(3)10-18(26-21)20(27)24-17-11-15(22)7-8-19(17)28-4/h5-11H,1-4H3,(H,24,27)(H,23,25,26). The van der Waals surface area contributed by atoms with Gasteiger partial charge in [-0.25, -0.2) is 9.97 Å². The molecule has 2 aromatic carbocycles. The second kappa shape index (κ2) is 8.27. The molecule has 0 atom stereocenters. The molecule has 0 spiro atoms. The number of rotatable bonds is 5. The first kappa shape index (κ1) is 19.6. The number of methoxy groups -OCH3 is 1. The van der Waals surface area contributed by atoms with E-state index in [-0.39, 0.29) is 11.6 Å². The number of anilines is 3. The molecule has 0 unspecified atom stereocenters. The van der Waals surface area contributed by atoms with E-state index in [9.17, 15) is 4.79 Å². The minimum absolute atomic E-state index is 0.238. The van der Waals surface area contributed by atoms with Gasteiger partial charge in [0.1, 0.15) is 11.4 Å². The van der Waals surface area contributed by atoms with Crippen molar-refractivity contribution in [3.63, 3.8) is 0 Å². The van der Waals surface area contributed by atoms with Gasteiger partial charge in [-0.15, -0.1) is 0 Å². The largest absolute Gasteiger partial charge is 0.495 e. The molecule has 0 bridgehead atoms. The second-order valence-corrected chi connectivity index (χ2v) is 6.90. The molecule has 0 aliphatic carbocycles. The van der Waals surface area contributed by atoms with Crippen LogP contribution in [-0.2, 0) is 0 Å². The Balaban J connectivity index is 1.88. The molecule has 6 nitrogen and oxygen atoms in total. The lowest BCUT2D eigenvalue weighted by Gasteiger charge is -2.12. The zero-order chi connectivity index (χ0) is 20.3. The number of hydrogen-bond acceptors (Lipinski definition) is 5. The van der Waals surface area contributed by atoms with Gasteiger partial charge in [-0.1, -0.05) is 23.7 Å². The zero-order valence-corrected chi connectivity index (χ0v) is 16.9. The number of ether oxygens (including phenoxy) is 1. The summed E-state index contributed by atoms with van der Waals surface area (Å²) in [6.07, 6.45) is 0. The minimum Gasteiger partial charge on any atom is -0.495 e. The molecule has 2 N–H and O–H groups in total. The van der Waals surface area contributed by atoms with Crippen LogP contribution in [0.25, 0.3) is 0 Å². The van der Waals surface area contributed by atoms with Crippen LogP contribution in [0, 0.1) is 20.8 Å². The zero-order valence-electron chi connectivity index (χ0n) is 16.1. The van der Waals surface area contributed by atoms with Gasteiger partial charge in [-0.05, 0) is 62.2 Å². The molecule has 3 rings (SSSR count). The third-order valence-electron chi connectivity index (χ3n) is 4.14. The molecule has 0 aliphatic rings. The highest BCUT2D eigenvalue weighted by atomic mass is 35.5. The summed E-state index contributed by atoms with van der Waals surface area (Å²) in [5, 5.41) is 6.48. The first-order valence-electron chi connectivity index (χ1n) is 8.70. The highest BCUT2D eigenvalue weighted by Gasteiger charge is 2.14.